The highest BCUT2D eigenvalue weighted by Gasteiger charge is 2.21. The maximum atomic E-state index is 12.4. The molecule has 0 saturated carbocycles. The Balaban J connectivity index is 2.88. The zero-order valence-corrected chi connectivity index (χ0v) is 14.6. The third-order valence-corrected chi connectivity index (χ3v) is 5.90. The van der Waals surface area contributed by atoms with Crippen LogP contribution in [0, 0.1) is 5.92 Å². The van der Waals surface area contributed by atoms with Gasteiger partial charge in [-0.05, 0) is 52.9 Å². The monoisotopic (exact) mass is 362 g/mol. The number of hydrogen-bond acceptors (Lipinski definition) is 3. The predicted octanol–water partition coefficient (Wildman–Crippen LogP) is 3.01. The topological polar surface area (TPSA) is 72.2 Å². The second-order valence-corrected chi connectivity index (χ2v) is 7.78. The predicted molar refractivity (Wildman–Crippen MR) is 85.9 cm³/mol. The first-order chi connectivity index (χ1) is 9.30. The molecule has 1 rings (SSSR count). The van der Waals surface area contributed by atoms with Gasteiger partial charge in [0, 0.05) is 17.1 Å². The van der Waals surface area contributed by atoms with Gasteiger partial charge in [0.1, 0.15) is 0 Å². The van der Waals surface area contributed by atoms with Crippen LogP contribution >= 0.6 is 15.9 Å². The van der Waals surface area contributed by atoms with Crippen molar-refractivity contribution in [3.05, 3.63) is 28.2 Å². The quantitative estimate of drug-likeness (QED) is 0.782. The highest BCUT2D eigenvalue weighted by molar-refractivity contribution is 9.10. The first-order valence-electron chi connectivity index (χ1n) is 6.81. The van der Waals surface area contributed by atoms with Gasteiger partial charge in [-0.25, -0.2) is 13.1 Å². The van der Waals surface area contributed by atoms with E-state index in [1.165, 1.54) is 0 Å². The van der Waals surface area contributed by atoms with Crippen LogP contribution in [0.3, 0.4) is 0 Å². The van der Waals surface area contributed by atoms with Gasteiger partial charge in [-0.3, -0.25) is 0 Å². The van der Waals surface area contributed by atoms with Crippen molar-refractivity contribution in [2.24, 2.45) is 11.7 Å². The van der Waals surface area contributed by atoms with Crippen LogP contribution in [-0.2, 0) is 16.6 Å². The van der Waals surface area contributed by atoms with Gasteiger partial charge in [-0.15, -0.1) is 0 Å². The van der Waals surface area contributed by atoms with E-state index in [1.54, 1.807) is 18.2 Å². The van der Waals surface area contributed by atoms with Crippen molar-refractivity contribution in [1.29, 1.82) is 0 Å². The summed E-state index contributed by atoms with van der Waals surface area (Å²) in [6, 6.07) is 4.98. The Kier molecular flexibility index (Phi) is 6.64. The SMILES string of the molecule is CCC(C)CC(C)NS(=O)(=O)c1ccc(CN)cc1Br. The molecule has 6 heteroatoms. The van der Waals surface area contributed by atoms with E-state index in [1.807, 2.05) is 6.92 Å². The van der Waals surface area contributed by atoms with Crippen LogP contribution in [0.2, 0.25) is 0 Å². The van der Waals surface area contributed by atoms with Gasteiger partial charge in [0.05, 0.1) is 4.90 Å². The molecule has 0 spiro atoms. The third-order valence-electron chi connectivity index (χ3n) is 3.33. The molecule has 1 aromatic rings. The highest BCUT2D eigenvalue weighted by atomic mass is 79.9. The zero-order chi connectivity index (χ0) is 15.3. The third kappa shape index (κ3) is 4.84. The molecule has 3 N–H and O–H groups in total. The van der Waals surface area contributed by atoms with Crippen molar-refractivity contribution >= 4 is 26.0 Å². The molecular formula is C14H23BrN2O2S. The van der Waals surface area contributed by atoms with Crippen molar-refractivity contribution in [2.75, 3.05) is 0 Å². The Morgan fingerprint density at radius 2 is 2.00 bits per heavy atom. The Morgan fingerprint density at radius 3 is 2.50 bits per heavy atom. The number of sulfonamides is 1. The molecule has 20 heavy (non-hydrogen) atoms. The summed E-state index contributed by atoms with van der Waals surface area (Å²) in [4.78, 5) is 0.255. The minimum atomic E-state index is -3.51. The summed E-state index contributed by atoms with van der Waals surface area (Å²) >= 11 is 3.30. The Hall–Kier alpha value is -0.430. The molecule has 0 saturated heterocycles. The minimum absolute atomic E-state index is 0.0870. The van der Waals surface area contributed by atoms with Crippen LogP contribution in [0.5, 0.6) is 0 Å². The second kappa shape index (κ2) is 7.54. The van der Waals surface area contributed by atoms with Gasteiger partial charge in [-0.2, -0.15) is 0 Å². The number of halogens is 1. The molecule has 0 aromatic heterocycles. The Morgan fingerprint density at radius 1 is 1.35 bits per heavy atom. The lowest BCUT2D eigenvalue weighted by molar-refractivity contribution is 0.445. The standard InChI is InChI=1S/C14H23BrN2O2S/c1-4-10(2)7-11(3)17-20(18,19)14-6-5-12(9-16)8-13(14)15/h5-6,8,10-11,17H,4,7,9,16H2,1-3H3. The average molecular weight is 363 g/mol. The van der Waals surface area contributed by atoms with Crippen LogP contribution in [0.15, 0.2) is 27.6 Å². The lowest BCUT2D eigenvalue weighted by Gasteiger charge is -2.18. The van der Waals surface area contributed by atoms with E-state index in [9.17, 15) is 8.42 Å². The first-order valence-corrected chi connectivity index (χ1v) is 9.08. The van der Waals surface area contributed by atoms with E-state index in [0.717, 1.165) is 18.4 Å². The number of hydrogen-bond donors (Lipinski definition) is 2. The maximum absolute atomic E-state index is 12.4. The summed E-state index contributed by atoms with van der Waals surface area (Å²) in [6.45, 7) is 6.51. The fraction of sp³-hybridized carbons (Fsp3) is 0.571. The molecule has 4 nitrogen and oxygen atoms in total. The van der Waals surface area contributed by atoms with Gasteiger partial charge in [-0.1, -0.05) is 26.3 Å². The molecule has 2 unspecified atom stereocenters. The molecule has 0 aliphatic heterocycles. The molecule has 114 valence electrons. The lowest BCUT2D eigenvalue weighted by atomic mass is 10.0. The van der Waals surface area contributed by atoms with Gasteiger partial charge < -0.3 is 5.73 Å². The molecule has 0 fully saturated rings. The average Bonchev–Trinajstić information content (AvgIpc) is 2.37. The Labute approximate surface area is 130 Å². The molecule has 2 atom stereocenters. The minimum Gasteiger partial charge on any atom is -0.326 e. The summed E-state index contributed by atoms with van der Waals surface area (Å²) in [5.74, 6) is 0.496. The van der Waals surface area contributed by atoms with Crippen LogP contribution < -0.4 is 10.5 Å². The van der Waals surface area contributed by atoms with E-state index >= 15 is 0 Å². The summed E-state index contributed by atoms with van der Waals surface area (Å²) in [6.07, 6.45) is 1.87. The van der Waals surface area contributed by atoms with Crippen molar-refractivity contribution in [2.45, 2.75) is 51.1 Å². The molecule has 0 radical (unpaired) electrons. The fourth-order valence-corrected chi connectivity index (χ4v) is 4.42. The maximum Gasteiger partial charge on any atom is 0.241 e. The highest BCUT2D eigenvalue weighted by Crippen LogP contribution is 2.24. The zero-order valence-electron chi connectivity index (χ0n) is 12.2. The van der Waals surface area contributed by atoms with E-state index in [2.05, 4.69) is 34.5 Å². The summed E-state index contributed by atoms with van der Waals surface area (Å²) < 4.78 is 28.0. The normalized spacial score (nSPS) is 15.1. The molecule has 0 amide bonds. The van der Waals surface area contributed by atoms with Gasteiger partial charge >= 0.3 is 0 Å². The van der Waals surface area contributed by atoms with Crippen molar-refractivity contribution in [3.63, 3.8) is 0 Å². The molecule has 0 aliphatic carbocycles. The largest absolute Gasteiger partial charge is 0.326 e. The van der Waals surface area contributed by atoms with Gasteiger partial charge in [0.15, 0.2) is 0 Å². The second-order valence-electron chi connectivity index (χ2n) is 5.24. The van der Waals surface area contributed by atoms with E-state index in [0.29, 0.717) is 16.9 Å². The number of nitrogens with one attached hydrogen (secondary N) is 1. The van der Waals surface area contributed by atoms with Gasteiger partial charge in [0.25, 0.3) is 0 Å². The van der Waals surface area contributed by atoms with E-state index < -0.39 is 10.0 Å². The number of benzene rings is 1. The smallest absolute Gasteiger partial charge is 0.241 e. The molecular weight excluding hydrogens is 340 g/mol. The van der Waals surface area contributed by atoms with Crippen molar-refractivity contribution < 1.29 is 8.42 Å². The molecule has 1 aromatic carbocycles. The summed E-state index contributed by atoms with van der Waals surface area (Å²) in [5, 5.41) is 0. The molecule has 0 aliphatic rings. The summed E-state index contributed by atoms with van der Waals surface area (Å²) in [7, 11) is -3.51. The molecule has 0 heterocycles. The van der Waals surface area contributed by atoms with Gasteiger partial charge in [0.2, 0.25) is 10.0 Å². The van der Waals surface area contributed by atoms with Crippen LogP contribution in [0.25, 0.3) is 0 Å². The summed E-state index contributed by atoms with van der Waals surface area (Å²) in [5.41, 5.74) is 6.43. The van der Waals surface area contributed by atoms with Crippen molar-refractivity contribution in [1.82, 2.24) is 4.72 Å². The lowest BCUT2D eigenvalue weighted by Crippen LogP contribution is -2.34. The first kappa shape index (κ1) is 17.6. The number of rotatable bonds is 7. The van der Waals surface area contributed by atoms with E-state index in [4.69, 9.17) is 5.73 Å². The van der Waals surface area contributed by atoms with Crippen LogP contribution in [-0.4, -0.2) is 14.5 Å². The van der Waals surface area contributed by atoms with E-state index in [-0.39, 0.29) is 10.9 Å². The van der Waals surface area contributed by atoms with Crippen LogP contribution in [0.4, 0.5) is 0 Å². The number of nitrogens with two attached hydrogens (primary N) is 1. The Bertz CT molecular complexity index is 546. The van der Waals surface area contributed by atoms with Crippen molar-refractivity contribution in [3.8, 4) is 0 Å². The van der Waals surface area contributed by atoms with Crippen LogP contribution in [0.1, 0.15) is 39.2 Å². The fourth-order valence-electron chi connectivity index (χ4n) is 2.04. The molecule has 0 bridgehead atoms.